The van der Waals surface area contributed by atoms with Crippen molar-refractivity contribution in [2.75, 3.05) is 5.43 Å². The molecule has 3 aromatic rings. The lowest BCUT2D eigenvalue weighted by molar-refractivity contribution is 0.838. The molecule has 0 aliphatic rings. The van der Waals surface area contributed by atoms with E-state index in [-0.39, 0.29) is 0 Å². The smallest absolute Gasteiger partial charge is 0.245 e. The van der Waals surface area contributed by atoms with E-state index in [4.69, 9.17) is 0 Å². The van der Waals surface area contributed by atoms with Crippen LogP contribution in [0, 0.1) is 6.92 Å². The number of aromatic nitrogens is 5. The van der Waals surface area contributed by atoms with Crippen molar-refractivity contribution < 1.29 is 0 Å². The highest BCUT2D eigenvalue weighted by atomic mass is 15.5. The molecule has 0 bridgehead atoms. The predicted molar refractivity (Wildman–Crippen MR) is 79.3 cm³/mol. The first-order chi connectivity index (χ1) is 10.3. The number of anilines is 1. The van der Waals surface area contributed by atoms with Crippen molar-refractivity contribution in [3.63, 3.8) is 0 Å². The first kappa shape index (κ1) is 12.9. The molecule has 0 radical (unpaired) electrons. The molecule has 0 spiro atoms. The van der Waals surface area contributed by atoms with Crippen LogP contribution in [-0.4, -0.2) is 30.9 Å². The molecule has 3 rings (SSSR count). The summed E-state index contributed by atoms with van der Waals surface area (Å²) in [6.07, 6.45) is 6.39. The topological polar surface area (TPSA) is 80.9 Å². The molecule has 2 aromatic heterocycles. The molecule has 2 heterocycles. The maximum absolute atomic E-state index is 4.22. The predicted octanol–water partition coefficient (Wildman–Crippen LogP) is 1.81. The Morgan fingerprint density at radius 1 is 1.24 bits per heavy atom. The van der Waals surface area contributed by atoms with E-state index in [9.17, 15) is 0 Å². The maximum Gasteiger partial charge on any atom is 0.263 e. The van der Waals surface area contributed by atoms with Crippen LogP contribution in [0.4, 0.5) is 5.95 Å². The standard InChI is InChI=1S/C14H13N7/c1-11-3-2-4-12(7-11)8-18-19-14-17-10-21(20-14)13-5-6-15-9-16-13/h2-10H,1H3,(H,19,20). The summed E-state index contributed by atoms with van der Waals surface area (Å²) in [6, 6.07) is 9.78. The Balaban J connectivity index is 1.68. The van der Waals surface area contributed by atoms with Gasteiger partial charge in [-0.15, -0.1) is 5.10 Å². The van der Waals surface area contributed by atoms with Gasteiger partial charge >= 0.3 is 0 Å². The van der Waals surface area contributed by atoms with Gasteiger partial charge in [-0.3, -0.25) is 0 Å². The number of hydrogen-bond acceptors (Lipinski definition) is 6. The average Bonchev–Trinajstić information content (AvgIpc) is 2.97. The van der Waals surface area contributed by atoms with Crippen LogP contribution in [-0.2, 0) is 0 Å². The van der Waals surface area contributed by atoms with E-state index in [0.717, 1.165) is 5.56 Å². The van der Waals surface area contributed by atoms with Gasteiger partial charge in [0.25, 0.3) is 5.95 Å². The van der Waals surface area contributed by atoms with Gasteiger partial charge in [-0.05, 0) is 12.5 Å². The van der Waals surface area contributed by atoms with Crippen molar-refractivity contribution in [3.05, 3.63) is 60.3 Å². The van der Waals surface area contributed by atoms with Gasteiger partial charge in [-0.1, -0.05) is 29.8 Å². The van der Waals surface area contributed by atoms with Gasteiger partial charge in [0, 0.05) is 12.3 Å². The lowest BCUT2D eigenvalue weighted by Gasteiger charge is -1.97. The molecular formula is C14H13N7. The minimum Gasteiger partial charge on any atom is -0.245 e. The maximum atomic E-state index is 4.22. The molecule has 0 atom stereocenters. The summed E-state index contributed by atoms with van der Waals surface area (Å²) in [5, 5.41) is 8.33. The van der Waals surface area contributed by atoms with Crippen LogP contribution in [0.5, 0.6) is 0 Å². The number of nitrogens with zero attached hydrogens (tertiary/aromatic N) is 6. The van der Waals surface area contributed by atoms with Crippen LogP contribution in [0.25, 0.3) is 5.82 Å². The molecule has 0 aliphatic carbocycles. The van der Waals surface area contributed by atoms with Gasteiger partial charge < -0.3 is 0 Å². The Morgan fingerprint density at radius 2 is 2.19 bits per heavy atom. The van der Waals surface area contributed by atoms with Crippen molar-refractivity contribution in [3.8, 4) is 5.82 Å². The molecule has 0 fully saturated rings. The van der Waals surface area contributed by atoms with E-state index in [1.807, 2.05) is 31.2 Å². The molecule has 1 N–H and O–H groups in total. The van der Waals surface area contributed by atoms with E-state index in [0.29, 0.717) is 11.8 Å². The van der Waals surface area contributed by atoms with Crippen LogP contribution < -0.4 is 5.43 Å². The average molecular weight is 279 g/mol. The fraction of sp³-hybridized carbons (Fsp3) is 0.0714. The van der Waals surface area contributed by atoms with Crippen LogP contribution in [0.15, 0.2) is 54.3 Å². The third kappa shape index (κ3) is 3.27. The van der Waals surface area contributed by atoms with E-state index in [2.05, 4.69) is 30.6 Å². The SMILES string of the molecule is Cc1cccc(C=NNc2ncn(-c3ccncn3)n2)c1. The summed E-state index contributed by atoms with van der Waals surface area (Å²) in [5.41, 5.74) is 4.98. The highest BCUT2D eigenvalue weighted by Crippen LogP contribution is 2.04. The molecule has 0 saturated heterocycles. The normalized spacial score (nSPS) is 10.9. The van der Waals surface area contributed by atoms with E-state index < -0.39 is 0 Å². The second kappa shape index (κ2) is 5.91. The highest BCUT2D eigenvalue weighted by molar-refractivity contribution is 5.80. The lowest BCUT2D eigenvalue weighted by Crippen LogP contribution is -1.99. The molecule has 7 nitrogen and oxygen atoms in total. The Labute approximate surface area is 121 Å². The summed E-state index contributed by atoms with van der Waals surface area (Å²) in [4.78, 5) is 12.0. The van der Waals surface area contributed by atoms with Crippen molar-refractivity contribution in [1.82, 2.24) is 24.7 Å². The fourth-order valence-electron chi connectivity index (χ4n) is 1.76. The second-order valence-electron chi connectivity index (χ2n) is 4.36. The number of nitrogens with one attached hydrogen (secondary N) is 1. The third-order valence-corrected chi connectivity index (χ3v) is 2.71. The molecule has 104 valence electrons. The van der Waals surface area contributed by atoms with Gasteiger partial charge in [-0.25, -0.2) is 20.1 Å². The van der Waals surface area contributed by atoms with Gasteiger partial charge in [0.1, 0.15) is 12.7 Å². The van der Waals surface area contributed by atoms with Gasteiger partial charge in [0.2, 0.25) is 0 Å². The van der Waals surface area contributed by atoms with E-state index in [1.54, 1.807) is 29.5 Å². The summed E-state index contributed by atoms with van der Waals surface area (Å²) >= 11 is 0. The van der Waals surface area contributed by atoms with Crippen molar-refractivity contribution in [1.29, 1.82) is 0 Å². The first-order valence-electron chi connectivity index (χ1n) is 6.35. The van der Waals surface area contributed by atoms with Gasteiger partial charge in [-0.2, -0.15) is 10.1 Å². The lowest BCUT2D eigenvalue weighted by atomic mass is 10.2. The number of benzene rings is 1. The summed E-state index contributed by atoms with van der Waals surface area (Å²) < 4.78 is 1.55. The molecule has 0 aliphatic heterocycles. The number of hydrazone groups is 1. The monoisotopic (exact) mass is 279 g/mol. The zero-order valence-corrected chi connectivity index (χ0v) is 11.4. The van der Waals surface area contributed by atoms with E-state index >= 15 is 0 Å². The van der Waals surface area contributed by atoms with E-state index in [1.165, 1.54) is 11.9 Å². The van der Waals surface area contributed by atoms with Crippen LogP contribution in [0.2, 0.25) is 0 Å². The Hall–Kier alpha value is -3.09. The number of rotatable bonds is 4. The summed E-state index contributed by atoms with van der Waals surface area (Å²) in [6.45, 7) is 2.04. The molecule has 21 heavy (non-hydrogen) atoms. The van der Waals surface area contributed by atoms with Crippen molar-refractivity contribution in [2.45, 2.75) is 6.92 Å². The first-order valence-corrected chi connectivity index (χ1v) is 6.35. The Morgan fingerprint density at radius 3 is 3.00 bits per heavy atom. The van der Waals surface area contributed by atoms with Crippen LogP contribution in [0.1, 0.15) is 11.1 Å². The van der Waals surface area contributed by atoms with Crippen molar-refractivity contribution in [2.24, 2.45) is 5.10 Å². The minimum atomic E-state index is 0.400. The summed E-state index contributed by atoms with van der Waals surface area (Å²) in [7, 11) is 0. The quantitative estimate of drug-likeness (QED) is 0.582. The Bertz CT molecular complexity index is 749. The van der Waals surface area contributed by atoms with Gasteiger partial charge in [0.15, 0.2) is 5.82 Å². The number of hydrogen-bond donors (Lipinski definition) is 1. The molecule has 0 unspecified atom stereocenters. The zero-order valence-electron chi connectivity index (χ0n) is 11.4. The zero-order chi connectivity index (χ0) is 14.5. The van der Waals surface area contributed by atoms with Gasteiger partial charge in [0.05, 0.1) is 6.21 Å². The highest BCUT2D eigenvalue weighted by Gasteiger charge is 2.01. The molecule has 1 aromatic carbocycles. The second-order valence-corrected chi connectivity index (χ2v) is 4.36. The van der Waals surface area contributed by atoms with Crippen molar-refractivity contribution >= 4 is 12.2 Å². The molecular weight excluding hydrogens is 266 g/mol. The summed E-state index contributed by atoms with van der Waals surface area (Å²) in [5.74, 6) is 1.05. The van der Waals surface area contributed by atoms with Crippen LogP contribution in [0.3, 0.4) is 0 Å². The molecule has 0 amide bonds. The third-order valence-electron chi connectivity index (χ3n) is 2.71. The number of aryl methyl sites for hydroxylation is 1. The molecule has 7 heteroatoms. The van der Waals surface area contributed by atoms with Crippen LogP contribution >= 0.6 is 0 Å². The largest absolute Gasteiger partial charge is 0.263 e. The minimum absolute atomic E-state index is 0.400. The Kier molecular flexibility index (Phi) is 3.64. The fourth-order valence-corrected chi connectivity index (χ4v) is 1.76. The molecule has 0 saturated carbocycles.